The number of hydrogen-bond donors (Lipinski definition) is 3. The zero-order chi connectivity index (χ0) is 61.1. The number of nitrogens with zero attached hydrogens (tertiary/aromatic N) is 2. The number of rotatable bonds is 35. The molecule has 0 saturated carbocycles. The van der Waals surface area contributed by atoms with E-state index in [1.54, 1.807) is 48.5 Å². The molecule has 2 amide bonds. The fraction of sp³-hybridized carbons (Fsp3) is 0.587. The first-order valence-electron chi connectivity index (χ1n) is 30.5. The van der Waals surface area contributed by atoms with E-state index in [0.717, 1.165) is 93.1 Å². The maximum absolute atomic E-state index is 13.2. The minimum atomic E-state index is -3.78. The van der Waals surface area contributed by atoms with E-state index in [0.29, 0.717) is 115 Å². The number of likely N-dealkylation sites (tertiary alicyclic amines) is 2. The predicted octanol–water partition coefficient (Wildman–Crippen LogP) is 11.6. The summed E-state index contributed by atoms with van der Waals surface area (Å²) in [5.41, 5.74) is 4.05. The van der Waals surface area contributed by atoms with Gasteiger partial charge in [-0.3, -0.25) is 14.6 Å². The third kappa shape index (κ3) is 19.8. The zero-order valence-electron chi connectivity index (χ0n) is 49.5. The minimum absolute atomic E-state index is 0.0637. The third-order valence-electron chi connectivity index (χ3n) is 16.6. The van der Waals surface area contributed by atoms with Gasteiger partial charge in [-0.05, 0) is 175 Å². The van der Waals surface area contributed by atoms with Gasteiger partial charge in [0.1, 0.15) is 29.5 Å². The van der Waals surface area contributed by atoms with Crippen LogP contribution in [-0.4, -0.2) is 154 Å². The second kappa shape index (κ2) is 33.9. The van der Waals surface area contributed by atoms with Crippen molar-refractivity contribution < 1.29 is 54.8 Å². The van der Waals surface area contributed by atoms with Crippen LogP contribution in [0.1, 0.15) is 132 Å². The van der Waals surface area contributed by atoms with Crippen LogP contribution in [0.5, 0.6) is 11.5 Å². The Morgan fingerprint density at radius 1 is 0.535 bits per heavy atom. The number of sulfone groups is 1. The second-order valence-corrected chi connectivity index (χ2v) is 28.4. The Morgan fingerprint density at radius 3 is 1.55 bits per heavy atom. The highest BCUT2D eigenvalue weighted by molar-refractivity contribution is 7.91. The first-order chi connectivity index (χ1) is 41.5. The van der Waals surface area contributed by atoms with Crippen LogP contribution in [0.25, 0.3) is 0 Å². The Morgan fingerprint density at radius 2 is 1.01 bits per heavy atom. The van der Waals surface area contributed by atoms with Crippen molar-refractivity contribution in [3.05, 3.63) is 115 Å². The van der Waals surface area contributed by atoms with Gasteiger partial charge in [-0.15, -0.1) is 0 Å². The highest BCUT2D eigenvalue weighted by Crippen LogP contribution is 2.46. The lowest BCUT2D eigenvalue weighted by Gasteiger charge is -2.40. The maximum Gasteiger partial charge on any atom is 0.314 e. The summed E-state index contributed by atoms with van der Waals surface area (Å²) in [5, 5.41) is 7.96. The first-order valence-corrected chi connectivity index (χ1v) is 35.2. The molecular weight excluding hydrogens is 1220 g/mol. The lowest BCUT2D eigenvalue weighted by molar-refractivity contribution is -0.119. The molecule has 4 aromatic rings. The van der Waals surface area contributed by atoms with Crippen LogP contribution >= 0.6 is 46.4 Å². The van der Waals surface area contributed by atoms with Gasteiger partial charge in [0.25, 0.3) is 0 Å². The molecule has 86 heavy (non-hydrogen) atoms. The van der Waals surface area contributed by atoms with Gasteiger partial charge in [0.2, 0.25) is 10.0 Å². The predicted molar refractivity (Wildman–Crippen MR) is 337 cm³/mol. The highest BCUT2D eigenvalue weighted by Gasteiger charge is 2.43. The normalized spacial score (nSPS) is 20.8. The van der Waals surface area contributed by atoms with Gasteiger partial charge in [0.05, 0.1) is 67.3 Å². The molecule has 0 unspecified atom stereocenters. The SMILES string of the molecule is C[C@H]1CCCCN1[C@H]1Cc2c(Cl)cc(Cl)cc2[C@@H]1Oc1ccc(S(=O)(=O)CCCOCCOCCNC(=O)NCCCCCC(=O)CCCOCCOCCNS(=O)(=O)c2ccc(O[C@H]3c4cc(Cl)cc(Cl)c4C[C@@H]3N3CCCC[C@@H]3C)cc2)cc1. The van der Waals surface area contributed by atoms with Crippen LogP contribution in [0.3, 0.4) is 0 Å². The monoisotopic (exact) mass is 1310 g/mol. The number of sulfonamides is 1. The number of halogens is 4. The van der Waals surface area contributed by atoms with Gasteiger partial charge in [0.15, 0.2) is 9.84 Å². The number of piperidine rings is 2. The number of carbonyl (C=O) groups excluding carboxylic acids is 2. The number of hydrogen-bond acceptors (Lipinski definition) is 14. The standard InChI is InChI=1S/C63H85Cl4N5O12S2/c1-44-12-5-8-27-71(44)59-42-53-55(38-46(64)40-57(53)66)61(59)83-49-16-20-51(21-17-49)85(75,76)37-11-30-80-34-35-81-31-25-69-63(74)68-24-7-3-4-14-48(73)15-10-29-79-33-36-82-32-26-70-86(77,78)52-22-18-50(19-23-52)84-62-56-39-47(65)41-58(67)54(56)43-60(62)72-28-9-6-13-45(72)2/h16-23,38-41,44-45,59-62,70H,3-15,24-37,42-43H2,1-2H3,(H2,68,69,74)/t44-,45-,59-,60-,61-,62-/m0/s1. The van der Waals surface area contributed by atoms with E-state index in [2.05, 4.69) is 39.0 Å². The van der Waals surface area contributed by atoms with Crippen molar-refractivity contribution in [2.75, 3.05) is 91.3 Å². The number of unbranched alkanes of at least 4 members (excludes halogenated alkanes) is 2. The number of carbonyl (C=O) groups is 2. The van der Waals surface area contributed by atoms with Crippen LogP contribution in [0.15, 0.2) is 82.6 Å². The molecule has 2 aliphatic carbocycles. The summed E-state index contributed by atoms with van der Waals surface area (Å²) in [7, 11) is -7.33. The van der Waals surface area contributed by atoms with Crippen LogP contribution in [0.2, 0.25) is 20.1 Å². The summed E-state index contributed by atoms with van der Waals surface area (Å²) in [5.74, 6) is 1.24. The summed E-state index contributed by atoms with van der Waals surface area (Å²) in [4.78, 5) is 30.0. The third-order valence-corrected chi connectivity index (χ3v) is 21.0. The Bertz CT molecular complexity index is 2850. The van der Waals surface area contributed by atoms with E-state index in [9.17, 15) is 26.4 Å². The Kier molecular flexibility index (Phi) is 26.8. The molecule has 2 heterocycles. The fourth-order valence-electron chi connectivity index (χ4n) is 12.1. The molecule has 474 valence electrons. The van der Waals surface area contributed by atoms with Gasteiger partial charge < -0.3 is 39.1 Å². The molecule has 4 aliphatic rings. The van der Waals surface area contributed by atoms with Gasteiger partial charge >= 0.3 is 6.03 Å². The maximum atomic E-state index is 13.2. The number of ether oxygens (including phenoxy) is 6. The molecule has 4 aromatic carbocycles. The zero-order valence-corrected chi connectivity index (χ0v) is 54.2. The number of amides is 2. The molecular formula is C63H85Cl4N5O12S2. The lowest BCUT2D eigenvalue weighted by Crippen LogP contribution is -2.47. The molecule has 0 bridgehead atoms. The molecule has 23 heteroatoms. The molecule has 2 aliphatic heterocycles. The number of ketones is 1. The van der Waals surface area contributed by atoms with Crippen molar-refractivity contribution in [3.63, 3.8) is 0 Å². The molecule has 2 fully saturated rings. The van der Waals surface area contributed by atoms with E-state index in [1.807, 2.05) is 12.1 Å². The van der Waals surface area contributed by atoms with Crippen molar-refractivity contribution in [2.24, 2.45) is 0 Å². The van der Waals surface area contributed by atoms with E-state index in [4.69, 9.17) is 74.8 Å². The van der Waals surface area contributed by atoms with E-state index < -0.39 is 19.9 Å². The van der Waals surface area contributed by atoms with Crippen LogP contribution in [0, 0.1) is 0 Å². The van der Waals surface area contributed by atoms with Gasteiger partial charge in [-0.25, -0.2) is 26.4 Å². The van der Waals surface area contributed by atoms with Gasteiger partial charge in [-0.1, -0.05) is 65.7 Å². The number of urea groups is 1. The van der Waals surface area contributed by atoms with Crippen LogP contribution in [0.4, 0.5) is 4.79 Å². The van der Waals surface area contributed by atoms with E-state index in [1.165, 1.54) is 25.0 Å². The topological polar surface area (TPSA) is 200 Å². The Balaban J connectivity index is 0.582. The number of Topliss-reactive ketones (excluding diaryl/α,β-unsaturated/α-hetero) is 1. The van der Waals surface area contributed by atoms with Crippen LogP contribution < -0.4 is 24.8 Å². The summed E-state index contributed by atoms with van der Waals surface area (Å²) >= 11 is 26.2. The summed E-state index contributed by atoms with van der Waals surface area (Å²) in [6.07, 6.45) is 12.0. The first kappa shape index (κ1) is 68.1. The van der Waals surface area contributed by atoms with E-state index >= 15 is 0 Å². The average molecular weight is 1310 g/mol. The summed E-state index contributed by atoms with van der Waals surface area (Å²) < 4.78 is 90.6. The number of fused-ring (bicyclic) bond motifs is 2. The quantitative estimate of drug-likeness (QED) is 0.0367. The van der Waals surface area contributed by atoms with E-state index in [-0.39, 0.29) is 78.0 Å². The molecule has 0 aromatic heterocycles. The van der Waals surface area contributed by atoms with Crippen molar-refractivity contribution in [2.45, 2.75) is 156 Å². The molecule has 3 N–H and O–H groups in total. The molecule has 0 radical (unpaired) electrons. The van der Waals surface area contributed by atoms with Gasteiger partial charge in [0, 0.05) is 89.0 Å². The van der Waals surface area contributed by atoms with Crippen molar-refractivity contribution in [3.8, 4) is 11.5 Å². The fourth-order valence-corrected chi connectivity index (χ4v) is 15.6. The largest absolute Gasteiger partial charge is 0.484 e. The molecule has 2 saturated heterocycles. The van der Waals surface area contributed by atoms with Gasteiger partial charge in [-0.2, -0.15) is 0 Å². The average Bonchev–Trinajstić information content (AvgIpc) is 1.98. The molecule has 0 spiro atoms. The van der Waals surface area contributed by atoms with Crippen molar-refractivity contribution in [1.29, 1.82) is 0 Å². The summed E-state index contributed by atoms with van der Waals surface area (Å²) in [6, 6.07) is 21.2. The second-order valence-electron chi connectivity index (χ2n) is 22.8. The number of benzene rings is 4. The van der Waals surface area contributed by atoms with Crippen molar-refractivity contribution >= 4 is 78.1 Å². The number of nitrogens with one attached hydrogen (secondary N) is 3. The molecule has 6 atom stereocenters. The Hall–Kier alpha value is -3.80. The smallest absolute Gasteiger partial charge is 0.314 e. The minimum Gasteiger partial charge on any atom is -0.484 e. The van der Waals surface area contributed by atoms with Crippen molar-refractivity contribution in [1.82, 2.24) is 25.2 Å². The molecule has 8 rings (SSSR count). The summed E-state index contributed by atoms with van der Waals surface area (Å²) in [6.45, 7) is 9.72. The van der Waals surface area contributed by atoms with Crippen LogP contribution in [-0.2, 0) is 56.4 Å². The molecule has 17 nitrogen and oxygen atoms in total. The highest BCUT2D eigenvalue weighted by atomic mass is 35.5. The lowest BCUT2D eigenvalue weighted by atomic mass is 9.99. The Labute approximate surface area is 529 Å².